The molecule has 1 amide bonds. The van der Waals surface area contributed by atoms with Crippen LogP contribution in [-0.4, -0.2) is 22.6 Å². The van der Waals surface area contributed by atoms with E-state index in [2.05, 4.69) is 5.32 Å². The number of carbonyl (C=O) groups is 1. The zero-order valence-corrected chi connectivity index (χ0v) is 17.7. The van der Waals surface area contributed by atoms with Gasteiger partial charge in [-0.1, -0.05) is 23.7 Å². The zero-order valence-electron chi connectivity index (χ0n) is 16.9. The van der Waals surface area contributed by atoms with Crippen molar-refractivity contribution in [3.63, 3.8) is 0 Å². The Morgan fingerprint density at radius 3 is 2.40 bits per heavy atom. The minimum absolute atomic E-state index is 0.0882. The van der Waals surface area contributed by atoms with Gasteiger partial charge in [0.25, 0.3) is 5.56 Å². The first-order valence-electron chi connectivity index (χ1n) is 9.48. The summed E-state index contributed by atoms with van der Waals surface area (Å²) in [6.45, 7) is 5.13. The summed E-state index contributed by atoms with van der Waals surface area (Å²) in [7, 11) is 0. The number of nitrogens with zero attached hydrogens (tertiary/aromatic N) is 1. The fourth-order valence-electron chi connectivity index (χ4n) is 2.81. The number of rotatable bonds is 8. The zero-order chi connectivity index (χ0) is 22.5. The van der Waals surface area contributed by atoms with Gasteiger partial charge in [-0.25, -0.2) is 0 Å². The van der Waals surface area contributed by atoms with Gasteiger partial charge in [0.2, 0.25) is 5.91 Å². The largest absolute Gasteiger partial charge is 0.491 e. The van der Waals surface area contributed by atoms with Gasteiger partial charge in [-0.3, -0.25) is 9.59 Å². The molecule has 0 aliphatic rings. The molecule has 0 bridgehead atoms. The lowest BCUT2D eigenvalue weighted by atomic mass is 10.1. The Kier molecular flexibility index (Phi) is 7.95. The summed E-state index contributed by atoms with van der Waals surface area (Å²) in [5.74, 6) is 0.209. The molecule has 2 aromatic rings. The van der Waals surface area contributed by atoms with Crippen LogP contribution in [0.1, 0.15) is 38.3 Å². The number of hydrogen-bond donors (Lipinski definition) is 1. The van der Waals surface area contributed by atoms with Crippen molar-refractivity contribution < 1.29 is 22.7 Å². The van der Waals surface area contributed by atoms with Crippen LogP contribution < -0.4 is 15.6 Å². The number of nitrogens with one attached hydrogen (secondary N) is 1. The summed E-state index contributed by atoms with van der Waals surface area (Å²) in [5, 5.41) is 2.11. The predicted octanol–water partition coefficient (Wildman–Crippen LogP) is 4.45. The van der Waals surface area contributed by atoms with Crippen molar-refractivity contribution in [2.24, 2.45) is 0 Å². The van der Waals surface area contributed by atoms with E-state index < -0.39 is 34.8 Å². The molecule has 1 unspecified atom stereocenters. The van der Waals surface area contributed by atoms with Crippen molar-refractivity contribution in [3.8, 4) is 5.75 Å². The van der Waals surface area contributed by atoms with Gasteiger partial charge in [0.1, 0.15) is 17.3 Å². The number of carbonyl (C=O) groups excluding carboxylic acids is 1. The second kappa shape index (κ2) is 10.0. The summed E-state index contributed by atoms with van der Waals surface area (Å²) in [4.78, 5) is 24.1. The van der Waals surface area contributed by atoms with Gasteiger partial charge in [0.05, 0.1) is 11.7 Å². The molecule has 2 rings (SSSR count). The molecule has 9 heteroatoms. The van der Waals surface area contributed by atoms with Crippen LogP contribution in [0, 0.1) is 0 Å². The molecule has 0 fully saturated rings. The first kappa shape index (κ1) is 23.8. The number of hydrogen-bond acceptors (Lipinski definition) is 3. The quantitative estimate of drug-likeness (QED) is 0.654. The van der Waals surface area contributed by atoms with Crippen molar-refractivity contribution >= 4 is 17.5 Å². The van der Waals surface area contributed by atoms with Crippen molar-refractivity contribution in [3.05, 3.63) is 63.0 Å². The minimum Gasteiger partial charge on any atom is -0.491 e. The van der Waals surface area contributed by atoms with Crippen molar-refractivity contribution in [2.75, 3.05) is 0 Å². The average Bonchev–Trinajstić information content (AvgIpc) is 2.63. The number of amides is 1. The molecule has 1 N–H and O–H groups in total. The molecule has 1 heterocycles. The monoisotopic (exact) mass is 444 g/mol. The van der Waals surface area contributed by atoms with E-state index in [4.69, 9.17) is 16.3 Å². The topological polar surface area (TPSA) is 60.3 Å². The number of aromatic nitrogens is 1. The molecular formula is C21H24ClF3N2O3. The lowest BCUT2D eigenvalue weighted by Gasteiger charge is -2.16. The van der Waals surface area contributed by atoms with E-state index in [0.29, 0.717) is 29.7 Å². The maximum Gasteiger partial charge on any atom is 0.417 e. The van der Waals surface area contributed by atoms with E-state index in [1.807, 2.05) is 38.1 Å². The number of pyridine rings is 1. The van der Waals surface area contributed by atoms with Gasteiger partial charge in [-0.2, -0.15) is 13.2 Å². The highest BCUT2D eigenvalue weighted by Crippen LogP contribution is 2.29. The smallest absolute Gasteiger partial charge is 0.417 e. The highest BCUT2D eigenvalue weighted by molar-refractivity contribution is 6.30. The Labute approximate surface area is 177 Å². The summed E-state index contributed by atoms with van der Waals surface area (Å²) >= 11 is 5.60. The highest BCUT2D eigenvalue weighted by Gasteiger charge is 2.32. The molecule has 1 aromatic heterocycles. The minimum atomic E-state index is -4.67. The third-order valence-corrected chi connectivity index (χ3v) is 4.52. The van der Waals surface area contributed by atoms with Crippen molar-refractivity contribution in [2.45, 2.75) is 58.5 Å². The van der Waals surface area contributed by atoms with Crippen LogP contribution in [0.2, 0.25) is 5.02 Å². The summed E-state index contributed by atoms with van der Waals surface area (Å²) in [6.07, 6.45) is -2.67. The fraction of sp³-hybridized carbons (Fsp3) is 0.429. The van der Waals surface area contributed by atoms with Gasteiger partial charge in [-0.15, -0.1) is 0 Å². The molecule has 5 nitrogen and oxygen atoms in total. The van der Waals surface area contributed by atoms with Gasteiger partial charge < -0.3 is 14.6 Å². The predicted molar refractivity (Wildman–Crippen MR) is 109 cm³/mol. The number of aryl methyl sites for hydroxylation is 1. The van der Waals surface area contributed by atoms with E-state index in [1.165, 1.54) is 0 Å². The van der Waals surface area contributed by atoms with Gasteiger partial charge in [0.15, 0.2) is 0 Å². The maximum atomic E-state index is 12.9. The Hall–Kier alpha value is -2.48. The second-order valence-corrected chi connectivity index (χ2v) is 7.73. The lowest BCUT2D eigenvalue weighted by Crippen LogP contribution is -2.38. The lowest BCUT2D eigenvalue weighted by molar-refractivity contribution is -0.138. The third-order valence-electron chi connectivity index (χ3n) is 4.25. The van der Waals surface area contributed by atoms with Crippen LogP contribution in [-0.2, 0) is 23.9 Å². The molecule has 30 heavy (non-hydrogen) atoms. The van der Waals surface area contributed by atoms with Crippen molar-refractivity contribution in [1.29, 1.82) is 0 Å². The number of halogens is 4. The molecule has 0 aliphatic carbocycles. The molecule has 1 aromatic carbocycles. The fourth-order valence-corrected chi connectivity index (χ4v) is 3.04. The summed E-state index contributed by atoms with van der Waals surface area (Å²) < 4.78 is 44.9. The first-order valence-corrected chi connectivity index (χ1v) is 9.85. The third kappa shape index (κ3) is 7.09. The van der Waals surface area contributed by atoms with Crippen LogP contribution in [0.4, 0.5) is 13.2 Å². The SMILES string of the molecule is CC(CCc1ccc(OC(C)C)cc1)NC(=O)Cn1cc(C(F)(F)F)cc(Cl)c1=O. The van der Waals surface area contributed by atoms with E-state index in [-0.39, 0.29) is 12.1 Å². The molecule has 0 saturated carbocycles. The Bertz CT molecular complexity index is 925. The summed E-state index contributed by atoms with van der Waals surface area (Å²) in [5.41, 5.74) is -0.873. The van der Waals surface area contributed by atoms with E-state index >= 15 is 0 Å². The number of ether oxygens (including phenoxy) is 1. The normalized spacial score (nSPS) is 12.7. The van der Waals surface area contributed by atoms with Gasteiger partial charge in [-0.05, 0) is 57.4 Å². The molecule has 0 radical (unpaired) electrons. The number of alkyl halides is 3. The molecule has 164 valence electrons. The molecule has 0 aliphatic heterocycles. The standard InChI is InChI=1S/C21H24ClF3N2O3/c1-13(2)30-17-8-6-15(7-9-17)5-4-14(3)26-19(28)12-27-11-16(21(23,24)25)10-18(22)20(27)29/h6-11,13-14H,4-5,12H2,1-3H3,(H,26,28). The Balaban J connectivity index is 1.92. The van der Waals surface area contributed by atoms with Gasteiger partial charge in [0, 0.05) is 12.2 Å². The van der Waals surface area contributed by atoms with Crippen LogP contribution >= 0.6 is 11.6 Å². The molecular weight excluding hydrogens is 421 g/mol. The van der Waals surface area contributed by atoms with E-state index in [1.54, 1.807) is 6.92 Å². The first-order chi connectivity index (χ1) is 14.0. The van der Waals surface area contributed by atoms with Crippen LogP contribution in [0.3, 0.4) is 0 Å². The molecule has 1 atom stereocenters. The van der Waals surface area contributed by atoms with Crippen LogP contribution in [0.5, 0.6) is 5.75 Å². The van der Waals surface area contributed by atoms with E-state index in [9.17, 15) is 22.8 Å². The summed E-state index contributed by atoms with van der Waals surface area (Å²) in [6, 6.07) is 7.96. The van der Waals surface area contributed by atoms with Gasteiger partial charge >= 0.3 is 6.18 Å². The Morgan fingerprint density at radius 2 is 1.83 bits per heavy atom. The number of benzene rings is 1. The second-order valence-electron chi connectivity index (χ2n) is 7.33. The maximum absolute atomic E-state index is 12.9. The van der Waals surface area contributed by atoms with E-state index in [0.717, 1.165) is 11.3 Å². The van der Waals surface area contributed by atoms with Crippen LogP contribution in [0.25, 0.3) is 0 Å². The molecule has 0 spiro atoms. The molecule has 0 saturated heterocycles. The average molecular weight is 445 g/mol. The van der Waals surface area contributed by atoms with Crippen molar-refractivity contribution in [1.82, 2.24) is 9.88 Å². The Morgan fingerprint density at radius 1 is 1.20 bits per heavy atom. The van der Waals surface area contributed by atoms with Crippen LogP contribution in [0.15, 0.2) is 41.3 Å². The highest BCUT2D eigenvalue weighted by atomic mass is 35.5.